The number of carbonyl (C=O) groups is 4. The Morgan fingerprint density at radius 1 is 0.580 bits per heavy atom. The number of rotatable bonds is 26. The summed E-state index contributed by atoms with van der Waals surface area (Å²) in [4.78, 5) is 73.7. The lowest BCUT2D eigenvalue weighted by atomic mass is 9.77. The molecule has 3 unspecified atom stereocenters. The third-order valence-electron chi connectivity index (χ3n) is 17.5. The zero-order valence-corrected chi connectivity index (χ0v) is 57.1. The number of hydrogen-bond acceptors (Lipinski definition) is 15. The Balaban J connectivity index is 0.891. The molecular weight excluding hydrogens is 1330 g/mol. The average Bonchev–Trinajstić information content (AvgIpc) is 0.967. The van der Waals surface area contributed by atoms with E-state index in [0.717, 1.165) is 44.5 Å². The molecule has 10 aromatic carbocycles. The number of β-lactam (4-membered cyclic amide) rings is 1. The van der Waals surface area contributed by atoms with Crippen molar-refractivity contribution in [2.24, 2.45) is 5.16 Å². The van der Waals surface area contributed by atoms with Crippen LogP contribution in [0.25, 0.3) is 0 Å². The lowest BCUT2D eigenvalue weighted by molar-refractivity contribution is -0.153. The number of nitrogens with zero attached hydrogens (tertiary/aromatic N) is 5. The van der Waals surface area contributed by atoms with E-state index in [-0.39, 0.29) is 34.5 Å². The van der Waals surface area contributed by atoms with Gasteiger partial charge in [-0.2, -0.15) is 10.9 Å². The number of aromatic nitrogens is 4. The summed E-state index contributed by atoms with van der Waals surface area (Å²) < 4.78 is 12.0. The molecule has 3 atom stereocenters. The smallest absolute Gasteiger partial charge is 0.356 e. The van der Waals surface area contributed by atoms with Crippen molar-refractivity contribution < 1.29 is 33.5 Å². The predicted molar refractivity (Wildman–Crippen MR) is 396 cm³/mol. The number of benzene rings is 10. The SMILES string of the molecule is O=C(CO/N=C(\C(=O)NC1SC2CC(=O)N2C(C(=O)OC(c2ccccc2)c2ccccc2)=C1SC[SH](c1c[nH]nn1)C(c1ccccc1)(c1ccccc1)c1ccccc1)c1csc(NC(c2ccccc2)(c2ccccc2)c2ccccc2)n1)OC(c1ccccc1)c1ccccc1. The number of esters is 2. The zero-order valence-electron chi connectivity index (χ0n) is 53.7. The lowest BCUT2D eigenvalue weighted by Gasteiger charge is -2.48. The van der Waals surface area contributed by atoms with Gasteiger partial charge >= 0.3 is 11.9 Å². The van der Waals surface area contributed by atoms with E-state index in [4.69, 9.17) is 24.4 Å². The van der Waals surface area contributed by atoms with Gasteiger partial charge in [0, 0.05) is 15.4 Å². The topological polar surface area (TPSA) is 190 Å². The number of carbonyl (C=O) groups excluding carboxylic acids is 4. The van der Waals surface area contributed by atoms with Crippen molar-refractivity contribution in [3.8, 4) is 0 Å². The average molecular weight is 1390 g/mol. The second kappa shape index (κ2) is 30.8. The van der Waals surface area contributed by atoms with Crippen LogP contribution in [0.3, 0.4) is 0 Å². The van der Waals surface area contributed by atoms with Crippen LogP contribution in [0.4, 0.5) is 5.13 Å². The standard InChI is InChI=1S/C81H66N8O7S4/c90-68-51-69-89(68)72(78(93)96-74(58-35-15-3-16-36-58)59-37-17-4-18-38-59)75(98-55-100(67-52-82-88-86-67)81(63-45-25-8-26-46-63,64-47-27-9-28-48-64)65-49-29-10-30-50-65)77(99-69)84-76(92)71(87-94-53-70(91)95-73(56-31-11-1-12-32-56)57-33-13-2-14-34-57)66-54-97-79(83-66)85-80(60-39-19-5-20-40-60,61-41-21-6-22-42-61)62-43-23-7-24-44-62/h1-50,52,54,69,73-74,77,100H,51,53,55H2,(H,83,85)(H,84,92)(H,82,86,88)/b87-71-. The minimum Gasteiger partial charge on any atom is -0.450 e. The van der Waals surface area contributed by atoms with E-state index in [2.05, 4.69) is 98.9 Å². The van der Waals surface area contributed by atoms with Crippen molar-refractivity contribution in [3.05, 3.63) is 387 Å². The van der Waals surface area contributed by atoms with Gasteiger partial charge in [0.05, 0.1) is 22.7 Å². The maximum atomic E-state index is 16.1. The van der Waals surface area contributed by atoms with Gasteiger partial charge in [-0.15, -0.1) is 40.0 Å². The number of thiol groups is 1. The highest BCUT2D eigenvalue weighted by Crippen LogP contribution is 2.63. The maximum absolute atomic E-state index is 16.1. The number of ether oxygens (including phenoxy) is 2. The van der Waals surface area contributed by atoms with Crippen LogP contribution in [0.1, 0.15) is 80.0 Å². The van der Waals surface area contributed by atoms with Crippen LogP contribution >= 0.6 is 45.8 Å². The first kappa shape index (κ1) is 66.2. The molecule has 496 valence electrons. The molecule has 2 amide bonds. The van der Waals surface area contributed by atoms with Gasteiger partial charge in [-0.05, 0) is 55.6 Å². The quantitative estimate of drug-likeness (QED) is 0.0100. The Labute approximate surface area is 594 Å². The van der Waals surface area contributed by atoms with Gasteiger partial charge in [0.15, 0.2) is 23.1 Å². The molecule has 19 heteroatoms. The Morgan fingerprint density at radius 2 is 1.00 bits per heavy atom. The Morgan fingerprint density at radius 3 is 1.42 bits per heavy atom. The molecule has 2 aromatic heterocycles. The van der Waals surface area contributed by atoms with Crippen molar-refractivity contribution in [2.75, 3.05) is 17.0 Å². The van der Waals surface area contributed by atoms with Gasteiger partial charge in [0.1, 0.15) is 27.3 Å². The second-order valence-electron chi connectivity index (χ2n) is 23.5. The molecule has 0 spiro atoms. The number of amides is 2. The Kier molecular flexibility index (Phi) is 20.4. The molecule has 2 aliphatic heterocycles. The van der Waals surface area contributed by atoms with E-state index in [0.29, 0.717) is 26.2 Å². The minimum atomic E-state index is -1.62. The molecule has 2 aliphatic rings. The number of anilines is 1. The summed E-state index contributed by atoms with van der Waals surface area (Å²) in [6.45, 7) is -0.697. The Bertz CT molecular complexity index is 4520. The lowest BCUT2D eigenvalue weighted by Crippen LogP contribution is -2.57. The van der Waals surface area contributed by atoms with Crippen LogP contribution in [0.15, 0.2) is 336 Å². The van der Waals surface area contributed by atoms with Crippen LogP contribution in [-0.4, -0.2) is 77.2 Å². The second-order valence-corrected chi connectivity index (χ2v) is 29.4. The van der Waals surface area contributed by atoms with Crippen molar-refractivity contribution in [1.29, 1.82) is 0 Å². The number of H-pyrrole nitrogens is 1. The fraction of sp³-hybridized carbons (Fsp3) is 0.111. The van der Waals surface area contributed by atoms with E-state index in [1.165, 1.54) is 39.8 Å². The van der Waals surface area contributed by atoms with Crippen LogP contribution in [0.2, 0.25) is 0 Å². The first-order chi connectivity index (χ1) is 49.3. The van der Waals surface area contributed by atoms with Crippen molar-refractivity contribution in [1.82, 2.24) is 30.6 Å². The number of oxime groups is 1. The normalized spacial score (nSPS) is 15.1. The maximum Gasteiger partial charge on any atom is 0.356 e. The molecule has 0 radical (unpaired) electrons. The molecule has 15 nitrogen and oxygen atoms in total. The Hall–Kier alpha value is -11.1. The molecule has 0 bridgehead atoms. The summed E-state index contributed by atoms with van der Waals surface area (Å²) in [6.07, 6.45) is 0.177. The molecular formula is C81H66N8O7S4. The molecule has 4 heterocycles. The largest absolute Gasteiger partial charge is 0.450 e. The number of hydrogen-bond donors (Lipinski definition) is 4. The summed E-state index contributed by atoms with van der Waals surface area (Å²) in [5.41, 5.74) is 7.39. The molecule has 1 saturated heterocycles. The first-order valence-electron chi connectivity index (χ1n) is 32.4. The number of nitrogens with one attached hydrogen (secondary N) is 3. The number of thiazole rings is 1. The van der Waals surface area contributed by atoms with Gasteiger partial charge in [0.2, 0.25) is 12.5 Å². The summed E-state index contributed by atoms with van der Waals surface area (Å²) in [6, 6.07) is 98.7. The highest BCUT2D eigenvalue weighted by molar-refractivity contribution is 8.28. The highest BCUT2D eigenvalue weighted by atomic mass is 32.2. The molecule has 100 heavy (non-hydrogen) atoms. The van der Waals surface area contributed by atoms with E-state index in [1.807, 2.05) is 237 Å². The molecule has 0 aliphatic carbocycles. The summed E-state index contributed by atoms with van der Waals surface area (Å²) in [7, 11) is -1.62. The molecule has 3 N–H and O–H groups in total. The van der Waals surface area contributed by atoms with Gasteiger partial charge < -0.3 is 24.9 Å². The van der Waals surface area contributed by atoms with Crippen molar-refractivity contribution in [3.63, 3.8) is 0 Å². The molecule has 12 aromatic rings. The molecule has 0 saturated carbocycles. The summed E-state index contributed by atoms with van der Waals surface area (Å²) in [5, 5.41) is 25.2. The zero-order chi connectivity index (χ0) is 68.1. The van der Waals surface area contributed by atoms with E-state index in [9.17, 15) is 9.59 Å². The summed E-state index contributed by atoms with van der Waals surface area (Å²) in [5.74, 6) is -2.60. The van der Waals surface area contributed by atoms with Crippen LogP contribution < -0.4 is 10.6 Å². The number of thioether (sulfide) groups is 2. The first-order valence-corrected chi connectivity index (χ1v) is 36.8. The number of aromatic amines is 1. The third-order valence-corrected chi connectivity index (χ3v) is 24.3. The fourth-order valence-corrected chi connectivity index (χ4v) is 20.3. The van der Waals surface area contributed by atoms with Crippen molar-refractivity contribution >= 4 is 80.4 Å². The van der Waals surface area contributed by atoms with Crippen LogP contribution in [0, 0.1) is 0 Å². The van der Waals surface area contributed by atoms with E-state index in [1.54, 1.807) is 5.38 Å². The third kappa shape index (κ3) is 13.9. The minimum absolute atomic E-state index is 0.0184. The fourth-order valence-electron chi connectivity index (χ4n) is 12.9. The molecule has 1 fully saturated rings. The van der Waals surface area contributed by atoms with E-state index < -0.39 is 68.6 Å². The highest BCUT2D eigenvalue weighted by Gasteiger charge is 2.52. The van der Waals surface area contributed by atoms with Gasteiger partial charge in [-0.3, -0.25) is 19.6 Å². The van der Waals surface area contributed by atoms with Gasteiger partial charge in [-0.25, -0.2) is 14.6 Å². The number of fused-ring (bicyclic) bond motifs is 1. The summed E-state index contributed by atoms with van der Waals surface area (Å²) >= 11 is 3.90. The van der Waals surface area contributed by atoms with Gasteiger partial charge in [-0.1, -0.05) is 314 Å². The van der Waals surface area contributed by atoms with Crippen LogP contribution in [0.5, 0.6) is 0 Å². The van der Waals surface area contributed by atoms with Crippen molar-refractivity contribution in [2.45, 2.75) is 44.7 Å². The predicted octanol–water partition coefficient (Wildman–Crippen LogP) is 15.8. The van der Waals surface area contributed by atoms with Crippen LogP contribution in [-0.2, 0) is 43.8 Å². The molecule has 14 rings (SSSR count). The van der Waals surface area contributed by atoms with E-state index >= 15 is 9.59 Å². The van der Waals surface area contributed by atoms with Gasteiger partial charge in [0.25, 0.3) is 5.91 Å². The monoisotopic (exact) mass is 1390 g/mol.